The molecule has 0 aliphatic rings. The number of hydrogen-bond acceptors (Lipinski definition) is 2. The molecule has 1 aromatic rings. The first-order valence-corrected chi connectivity index (χ1v) is 3.42. The summed E-state index contributed by atoms with van der Waals surface area (Å²) in [6.07, 6.45) is 0.367. The first kappa shape index (κ1) is 9.44. The van der Waals surface area contributed by atoms with Crippen LogP contribution < -0.4 is 10.1 Å². The van der Waals surface area contributed by atoms with E-state index in [1.165, 1.54) is 13.2 Å². The Morgan fingerprint density at radius 1 is 1.46 bits per heavy atom. The summed E-state index contributed by atoms with van der Waals surface area (Å²) in [6.45, 7) is 0. The Morgan fingerprint density at radius 3 is 2.69 bits per heavy atom. The van der Waals surface area contributed by atoms with Gasteiger partial charge in [-0.05, 0) is 0 Å². The molecule has 1 amide bonds. The van der Waals surface area contributed by atoms with E-state index in [9.17, 15) is 13.6 Å². The van der Waals surface area contributed by atoms with E-state index in [4.69, 9.17) is 0 Å². The first-order valence-electron chi connectivity index (χ1n) is 3.42. The minimum absolute atomic E-state index is 0.144. The highest BCUT2D eigenvalue weighted by Gasteiger charge is 2.10. The Balaban J connectivity index is 3.13. The van der Waals surface area contributed by atoms with Gasteiger partial charge < -0.3 is 10.1 Å². The van der Waals surface area contributed by atoms with Crippen LogP contribution in [0.3, 0.4) is 0 Å². The summed E-state index contributed by atoms with van der Waals surface area (Å²) >= 11 is 0. The quantitative estimate of drug-likeness (QED) is 0.729. The van der Waals surface area contributed by atoms with E-state index in [0.29, 0.717) is 6.41 Å². The highest BCUT2D eigenvalue weighted by molar-refractivity contribution is 5.71. The zero-order valence-corrected chi connectivity index (χ0v) is 6.80. The van der Waals surface area contributed by atoms with Crippen LogP contribution in [-0.2, 0) is 4.79 Å². The van der Waals surface area contributed by atoms with E-state index in [0.717, 1.165) is 6.07 Å². The van der Waals surface area contributed by atoms with Crippen molar-refractivity contribution in [1.29, 1.82) is 0 Å². The molecule has 0 saturated heterocycles. The van der Waals surface area contributed by atoms with Crippen LogP contribution in [0.25, 0.3) is 0 Å². The zero-order chi connectivity index (χ0) is 9.84. The summed E-state index contributed by atoms with van der Waals surface area (Å²) in [6, 6.07) is 2.05. The number of ether oxygens (including phenoxy) is 1. The molecule has 70 valence electrons. The Morgan fingerprint density at radius 2 is 2.15 bits per heavy atom. The number of benzene rings is 1. The number of methoxy groups -OCH3 is 1. The molecule has 13 heavy (non-hydrogen) atoms. The largest absolute Gasteiger partial charge is 0.493 e. The zero-order valence-electron chi connectivity index (χ0n) is 6.80. The molecule has 0 radical (unpaired) electrons. The summed E-state index contributed by atoms with van der Waals surface area (Å²) in [5, 5.41) is 2.18. The van der Waals surface area contributed by atoms with Crippen molar-refractivity contribution in [1.82, 2.24) is 0 Å². The van der Waals surface area contributed by atoms with Gasteiger partial charge in [-0.15, -0.1) is 0 Å². The van der Waals surface area contributed by atoms with Crippen molar-refractivity contribution < 1.29 is 18.3 Å². The van der Waals surface area contributed by atoms with Crippen LogP contribution in [0.2, 0.25) is 0 Å². The molecule has 0 saturated carbocycles. The molecule has 1 N–H and O–H groups in total. The van der Waals surface area contributed by atoms with Gasteiger partial charge in [-0.3, -0.25) is 4.79 Å². The Labute approximate surface area is 73.3 Å². The molecule has 1 aromatic carbocycles. The van der Waals surface area contributed by atoms with Crippen LogP contribution in [0.15, 0.2) is 12.1 Å². The van der Waals surface area contributed by atoms with Crippen molar-refractivity contribution in [2.45, 2.75) is 0 Å². The number of nitrogens with one attached hydrogen (secondary N) is 1. The Kier molecular flexibility index (Phi) is 2.79. The lowest BCUT2D eigenvalue weighted by molar-refractivity contribution is -0.105. The third-order valence-corrected chi connectivity index (χ3v) is 1.44. The van der Waals surface area contributed by atoms with Gasteiger partial charge in [0.1, 0.15) is 0 Å². The van der Waals surface area contributed by atoms with Gasteiger partial charge in [0.25, 0.3) is 0 Å². The number of carbonyl (C=O) groups excluding carboxylic acids is 1. The lowest BCUT2D eigenvalue weighted by Crippen LogP contribution is -1.98. The number of hydrogen-bond donors (Lipinski definition) is 1. The molecule has 5 heteroatoms. The highest BCUT2D eigenvalue weighted by atomic mass is 19.2. The van der Waals surface area contributed by atoms with Crippen molar-refractivity contribution in [3.8, 4) is 5.75 Å². The van der Waals surface area contributed by atoms with Crippen molar-refractivity contribution in [3.63, 3.8) is 0 Å². The minimum Gasteiger partial charge on any atom is -0.493 e. The van der Waals surface area contributed by atoms with E-state index < -0.39 is 11.6 Å². The molecule has 0 atom stereocenters. The average Bonchev–Trinajstić information content (AvgIpc) is 2.11. The van der Waals surface area contributed by atoms with Gasteiger partial charge in [0.05, 0.1) is 7.11 Å². The lowest BCUT2D eigenvalue weighted by atomic mass is 10.3. The Bertz CT molecular complexity index is 328. The fourth-order valence-corrected chi connectivity index (χ4v) is 0.864. The third kappa shape index (κ3) is 1.93. The van der Waals surface area contributed by atoms with E-state index in [1.54, 1.807) is 0 Å². The number of carbonyl (C=O) groups is 1. The maximum atomic E-state index is 12.8. The molecule has 0 aliphatic heterocycles. The lowest BCUT2D eigenvalue weighted by Gasteiger charge is -2.05. The van der Waals surface area contributed by atoms with E-state index in [1.807, 2.05) is 0 Å². The van der Waals surface area contributed by atoms with E-state index >= 15 is 0 Å². The van der Waals surface area contributed by atoms with Crippen molar-refractivity contribution in [3.05, 3.63) is 23.8 Å². The number of halogens is 2. The van der Waals surface area contributed by atoms with Gasteiger partial charge in [0.2, 0.25) is 12.2 Å². The van der Waals surface area contributed by atoms with Gasteiger partial charge in [0, 0.05) is 17.8 Å². The summed E-state index contributed by atoms with van der Waals surface area (Å²) < 4.78 is 30.1. The van der Waals surface area contributed by atoms with Crippen LogP contribution in [0.1, 0.15) is 0 Å². The summed E-state index contributed by atoms with van der Waals surface area (Å²) in [7, 11) is 1.21. The van der Waals surface area contributed by atoms with Crippen molar-refractivity contribution in [2.24, 2.45) is 0 Å². The second kappa shape index (κ2) is 3.84. The molecule has 0 spiro atoms. The average molecular weight is 187 g/mol. The summed E-state index contributed by atoms with van der Waals surface area (Å²) in [5.41, 5.74) is 0.144. The molecular weight excluding hydrogens is 180 g/mol. The highest BCUT2D eigenvalue weighted by Crippen LogP contribution is 2.24. The van der Waals surface area contributed by atoms with Crippen molar-refractivity contribution >= 4 is 12.1 Å². The monoisotopic (exact) mass is 187 g/mol. The van der Waals surface area contributed by atoms with Gasteiger partial charge in [0.15, 0.2) is 11.6 Å². The second-order valence-electron chi connectivity index (χ2n) is 2.24. The first-order chi connectivity index (χ1) is 6.19. The second-order valence-corrected chi connectivity index (χ2v) is 2.24. The molecule has 0 fully saturated rings. The molecule has 1 rings (SSSR count). The number of anilines is 1. The minimum atomic E-state index is -1.07. The maximum Gasteiger partial charge on any atom is 0.211 e. The summed E-state index contributed by atoms with van der Waals surface area (Å²) in [4.78, 5) is 10.0. The smallest absolute Gasteiger partial charge is 0.211 e. The standard InChI is InChI=1S/C8H7F2NO2/c1-13-7-3-5(11-4-12)2-6(9)8(7)10/h2-4H,1H3,(H,11,12). The summed E-state index contributed by atoms with van der Waals surface area (Å²) in [5.74, 6) is -2.38. The number of amides is 1. The fraction of sp³-hybridized carbons (Fsp3) is 0.125. The fourth-order valence-electron chi connectivity index (χ4n) is 0.864. The van der Waals surface area contributed by atoms with Gasteiger partial charge >= 0.3 is 0 Å². The van der Waals surface area contributed by atoms with Crippen LogP contribution in [0.4, 0.5) is 14.5 Å². The number of rotatable bonds is 3. The van der Waals surface area contributed by atoms with Crippen LogP contribution in [0, 0.1) is 11.6 Å². The molecule has 0 unspecified atom stereocenters. The van der Waals surface area contributed by atoms with Gasteiger partial charge in [-0.1, -0.05) is 0 Å². The van der Waals surface area contributed by atoms with E-state index in [2.05, 4.69) is 10.1 Å². The molecule has 0 bridgehead atoms. The van der Waals surface area contributed by atoms with Crippen LogP contribution in [0.5, 0.6) is 5.75 Å². The predicted octanol–water partition coefficient (Wildman–Crippen LogP) is 1.54. The van der Waals surface area contributed by atoms with E-state index in [-0.39, 0.29) is 11.4 Å². The van der Waals surface area contributed by atoms with Crippen LogP contribution in [-0.4, -0.2) is 13.5 Å². The van der Waals surface area contributed by atoms with Crippen LogP contribution >= 0.6 is 0 Å². The normalized spacial score (nSPS) is 9.46. The SMILES string of the molecule is COc1cc(NC=O)cc(F)c1F. The molecule has 0 heterocycles. The molecule has 0 aliphatic carbocycles. The predicted molar refractivity (Wildman–Crippen MR) is 42.6 cm³/mol. The van der Waals surface area contributed by atoms with Gasteiger partial charge in [-0.2, -0.15) is 4.39 Å². The topological polar surface area (TPSA) is 38.3 Å². The third-order valence-electron chi connectivity index (χ3n) is 1.44. The molecule has 0 aromatic heterocycles. The van der Waals surface area contributed by atoms with Crippen molar-refractivity contribution in [2.75, 3.05) is 12.4 Å². The Hall–Kier alpha value is -1.65. The maximum absolute atomic E-state index is 12.8. The molecular formula is C8H7F2NO2. The van der Waals surface area contributed by atoms with Gasteiger partial charge in [-0.25, -0.2) is 4.39 Å². The molecule has 3 nitrogen and oxygen atoms in total.